The second-order valence-electron chi connectivity index (χ2n) is 2.77. The molecule has 2 nitrogen and oxygen atoms in total. The maximum absolute atomic E-state index is 8.91. The van der Waals surface area contributed by atoms with Gasteiger partial charge >= 0.3 is 0 Å². The van der Waals surface area contributed by atoms with Gasteiger partial charge in [-0.15, -0.1) is 11.6 Å². The third-order valence-electron chi connectivity index (χ3n) is 2.02. The number of hydrogen-bond acceptors (Lipinski definition) is 1. The molecule has 0 amide bonds. The summed E-state index contributed by atoms with van der Waals surface area (Å²) in [5.74, 6) is 0.380. The number of aromatic nitrogens is 1. The van der Waals surface area contributed by atoms with E-state index >= 15 is 0 Å². The Morgan fingerprint density at radius 2 is 2.31 bits per heavy atom. The van der Waals surface area contributed by atoms with Crippen LogP contribution in [0.2, 0.25) is 0 Å². The zero-order valence-electron chi connectivity index (χ0n) is 6.87. The molecular weight excluding hydrogens is 184 g/mol. The van der Waals surface area contributed by atoms with E-state index in [0.717, 1.165) is 11.1 Å². The fourth-order valence-corrected chi connectivity index (χ4v) is 1.61. The van der Waals surface area contributed by atoms with Crippen LogP contribution in [0.4, 0.5) is 0 Å². The van der Waals surface area contributed by atoms with Crippen LogP contribution >= 0.6 is 11.6 Å². The molecule has 64 valence electrons. The van der Waals surface area contributed by atoms with Crippen LogP contribution in [0.25, 0.3) is 5.52 Å². The molecule has 0 unspecified atom stereocenters. The Hall–Kier alpha value is -1.46. The smallest absolute Gasteiger partial charge is 0.102 e. The average molecular weight is 191 g/mol. The van der Waals surface area contributed by atoms with E-state index in [0.29, 0.717) is 11.4 Å². The van der Waals surface area contributed by atoms with Crippen LogP contribution in [0.1, 0.15) is 11.1 Å². The van der Waals surface area contributed by atoms with Gasteiger partial charge in [-0.25, -0.2) is 0 Å². The van der Waals surface area contributed by atoms with E-state index in [2.05, 4.69) is 6.07 Å². The molecule has 0 aliphatic carbocycles. The number of hydrogen-bond donors (Lipinski definition) is 0. The molecule has 0 bridgehead atoms. The van der Waals surface area contributed by atoms with Crippen molar-refractivity contribution in [3.05, 3.63) is 41.7 Å². The number of nitriles is 1. The van der Waals surface area contributed by atoms with Crippen LogP contribution in [0.15, 0.2) is 30.6 Å². The SMILES string of the molecule is N#Cc1c(CCl)cn2ccccc12. The first kappa shape index (κ1) is 8.15. The van der Waals surface area contributed by atoms with Gasteiger partial charge in [0.25, 0.3) is 0 Å². The topological polar surface area (TPSA) is 28.2 Å². The number of halogens is 1. The Morgan fingerprint density at radius 3 is 3.00 bits per heavy atom. The van der Waals surface area contributed by atoms with Gasteiger partial charge in [0.05, 0.1) is 17.0 Å². The Morgan fingerprint density at radius 1 is 1.46 bits per heavy atom. The Labute approximate surface area is 81.0 Å². The summed E-state index contributed by atoms with van der Waals surface area (Å²) in [5.41, 5.74) is 2.48. The minimum Gasteiger partial charge on any atom is -0.322 e. The summed E-state index contributed by atoms with van der Waals surface area (Å²) < 4.78 is 1.91. The van der Waals surface area contributed by atoms with Crippen LogP contribution in [0.5, 0.6) is 0 Å². The molecule has 2 aromatic heterocycles. The molecule has 0 radical (unpaired) electrons. The van der Waals surface area contributed by atoms with Gasteiger partial charge in [0.15, 0.2) is 0 Å². The first-order chi connectivity index (χ1) is 6.36. The first-order valence-corrected chi connectivity index (χ1v) is 4.45. The minimum atomic E-state index is 0.380. The molecule has 0 fully saturated rings. The molecule has 0 aliphatic rings. The number of nitrogens with zero attached hydrogens (tertiary/aromatic N) is 2. The van der Waals surface area contributed by atoms with Gasteiger partial charge in [-0.2, -0.15) is 5.26 Å². The number of pyridine rings is 1. The van der Waals surface area contributed by atoms with Gasteiger partial charge in [-0.05, 0) is 12.1 Å². The van der Waals surface area contributed by atoms with E-state index in [4.69, 9.17) is 16.9 Å². The highest BCUT2D eigenvalue weighted by Gasteiger charge is 2.07. The molecule has 13 heavy (non-hydrogen) atoms. The summed E-state index contributed by atoms with van der Waals surface area (Å²) in [6.45, 7) is 0. The third-order valence-corrected chi connectivity index (χ3v) is 2.31. The summed E-state index contributed by atoms with van der Waals surface area (Å²) in [6.07, 6.45) is 3.80. The lowest BCUT2D eigenvalue weighted by atomic mass is 10.2. The average Bonchev–Trinajstić information content (AvgIpc) is 2.55. The minimum absolute atomic E-state index is 0.380. The van der Waals surface area contributed by atoms with Crippen molar-refractivity contribution in [1.82, 2.24) is 4.40 Å². The van der Waals surface area contributed by atoms with E-state index in [9.17, 15) is 0 Å². The molecule has 3 heteroatoms. The van der Waals surface area contributed by atoms with Gasteiger partial charge in [0.2, 0.25) is 0 Å². The van der Waals surface area contributed by atoms with Gasteiger partial charge in [-0.1, -0.05) is 6.07 Å². The van der Waals surface area contributed by atoms with E-state index in [1.807, 2.05) is 35.0 Å². The van der Waals surface area contributed by atoms with Crippen molar-refractivity contribution in [1.29, 1.82) is 5.26 Å². The second-order valence-corrected chi connectivity index (χ2v) is 3.04. The third kappa shape index (κ3) is 1.18. The normalized spacial score (nSPS) is 10.2. The predicted octanol–water partition coefficient (Wildman–Crippen LogP) is 2.55. The van der Waals surface area contributed by atoms with Crippen LogP contribution in [0.3, 0.4) is 0 Å². The van der Waals surface area contributed by atoms with Crippen molar-refractivity contribution in [2.45, 2.75) is 5.88 Å². The Bertz CT molecular complexity index is 479. The molecule has 2 aromatic rings. The van der Waals surface area contributed by atoms with Crippen LogP contribution < -0.4 is 0 Å². The summed E-state index contributed by atoms with van der Waals surface area (Å²) in [7, 11) is 0. The lowest BCUT2D eigenvalue weighted by molar-refractivity contribution is 1.18. The van der Waals surface area contributed by atoms with E-state index in [1.54, 1.807) is 0 Å². The molecule has 0 aromatic carbocycles. The maximum Gasteiger partial charge on any atom is 0.102 e. The standard InChI is InChI=1S/C10H7ClN2/c11-5-8-7-13-4-2-1-3-10(13)9(8)6-12/h1-4,7H,5H2. The predicted molar refractivity (Wildman–Crippen MR) is 51.7 cm³/mol. The molecular formula is C10H7ClN2. The van der Waals surface area contributed by atoms with Gasteiger partial charge in [0, 0.05) is 18.0 Å². The summed E-state index contributed by atoms with van der Waals surface area (Å²) in [5, 5.41) is 8.91. The van der Waals surface area contributed by atoms with E-state index in [1.165, 1.54) is 0 Å². The highest BCUT2D eigenvalue weighted by atomic mass is 35.5. The fraction of sp³-hybridized carbons (Fsp3) is 0.100. The maximum atomic E-state index is 8.91. The Balaban J connectivity index is 2.83. The summed E-state index contributed by atoms with van der Waals surface area (Å²) >= 11 is 5.72. The van der Waals surface area contributed by atoms with E-state index in [-0.39, 0.29) is 0 Å². The van der Waals surface area contributed by atoms with Crippen molar-refractivity contribution < 1.29 is 0 Å². The van der Waals surface area contributed by atoms with Crippen LogP contribution in [0, 0.1) is 11.3 Å². The van der Waals surface area contributed by atoms with Gasteiger partial charge in [0.1, 0.15) is 6.07 Å². The lowest BCUT2D eigenvalue weighted by Gasteiger charge is -1.90. The number of alkyl halides is 1. The van der Waals surface area contributed by atoms with Crippen molar-refractivity contribution in [3.8, 4) is 6.07 Å². The van der Waals surface area contributed by atoms with Crippen LogP contribution in [-0.2, 0) is 5.88 Å². The largest absolute Gasteiger partial charge is 0.322 e. The molecule has 0 atom stereocenters. The zero-order chi connectivity index (χ0) is 9.26. The van der Waals surface area contributed by atoms with Gasteiger partial charge in [-0.3, -0.25) is 0 Å². The summed E-state index contributed by atoms with van der Waals surface area (Å²) in [4.78, 5) is 0. The molecule has 0 N–H and O–H groups in total. The molecule has 2 rings (SSSR count). The van der Waals surface area contributed by atoms with Crippen molar-refractivity contribution in [2.75, 3.05) is 0 Å². The summed E-state index contributed by atoms with van der Waals surface area (Å²) in [6, 6.07) is 7.91. The molecule has 0 saturated carbocycles. The monoisotopic (exact) mass is 190 g/mol. The molecule has 0 spiro atoms. The molecule has 0 saturated heterocycles. The zero-order valence-corrected chi connectivity index (χ0v) is 7.62. The number of fused-ring (bicyclic) bond motifs is 1. The van der Waals surface area contributed by atoms with Crippen molar-refractivity contribution >= 4 is 17.1 Å². The highest BCUT2D eigenvalue weighted by Crippen LogP contribution is 2.18. The quantitative estimate of drug-likeness (QED) is 0.636. The number of rotatable bonds is 1. The lowest BCUT2D eigenvalue weighted by Crippen LogP contribution is -1.79. The molecule has 2 heterocycles. The van der Waals surface area contributed by atoms with E-state index < -0.39 is 0 Å². The van der Waals surface area contributed by atoms with Crippen LogP contribution in [-0.4, -0.2) is 4.40 Å². The molecule has 0 aliphatic heterocycles. The van der Waals surface area contributed by atoms with Crippen molar-refractivity contribution in [2.24, 2.45) is 0 Å². The first-order valence-electron chi connectivity index (χ1n) is 3.91. The fourth-order valence-electron chi connectivity index (χ4n) is 1.41. The Kier molecular flexibility index (Phi) is 1.96. The van der Waals surface area contributed by atoms with Gasteiger partial charge < -0.3 is 4.40 Å². The van der Waals surface area contributed by atoms with Crippen molar-refractivity contribution in [3.63, 3.8) is 0 Å². The second kappa shape index (κ2) is 3.12. The highest BCUT2D eigenvalue weighted by molar-refractivity contribution is 6.17.